The summed E-state index contributed by atoms with van der Waals surface area (Å²) in [7, 11) is 1.56. The van der Waals surface area contributed by atoms with Crippen LogP contribution in [-0.4, -0.2) is 40.5 Å². The summed E-state index contributed by atoms with van der Waals surface area (Å²) in [5.74, 6) is 0.736. The summed E-state index contributed by atoms with van der Waals surface area (Å²) < 4.78 is 18.9. The van der Waals surface area contributed by atoms with E-state index in [2.05, 4.69) is 31.1 Å². The van der Waals surface area contributed by atoms with E-state index in [0.29, 0.717) is 11.6 Å². The topological polar surface area (TPSA) is 104 Å². The lowest BCUT2D eigenvalue weighted by molar-refractivity contribution is -0.00742. The van der Waals surface area contributed by atoms with Crippen LogP contribution in [0, 0.1) is 5.82 Å². The maximum atomic E-state index is 13.3. The Bertz CT molecular complexity index is 986. The number of fused-ring (bicyclic) bond motifs is 1. The minimum absolute atomic E-state index is 0.346. The number of urea groups is 1. The van der Waals surface area contributed by atoms with Crippen molar-refractivity contribution < 1.29 is 13.9 Å². The molecule has 0 aliphatic heterocycles. The minimum Gasteiger partial charge on any atom is -0.376 e. The average molecular weight is 400 g/mol. The Labute approximate surface area is 168 Å². The third-order valence-electron chi connectivity index (χ3n) is 4.73. The first-order valence-electron chi connectivity index (χ1n) is 9.30. The molecule has 0 spiro atoms. The molecule has 0 saturated carbocycles. The zero-order valence-corrected chi connectivity index (χ0v) is 16.8. The summed E-state index contributed by atoms with van der Waals surface area (Å²) in [6.45, 7) is 6.41. The van der Waals surface area contributed by atoms with E-state index in [1.165, 1.54) is 12.1 Å². The number of methoxy groups -OCH3 is 1. The van der Waals surface area contributed by atoms with E-state index in [4.69, 9.17) is 4.74 Å². The number of anilines is 2. The van der Waals surface area contributed by atoms with Crippen LogP contribution in [0.2, 0.25) is 0 Å². The number of rotatable bonds is 7. The largest absolute Gasteiger partial charge is 0.376 e. The van der Waals surface area contributed by atoms with Crippen molar-refractivity contribution in [2.45, 2.75) is 32.4 Å². The molecule has 0 radical (unpaired) electrons. The van der Waals surface area contributed by atoms with Crippen molar-refractivity contribution in [3.05, 3.63) is 47.9 Å². The van der Waals surface area contributed by atoms with Gasteiger partial charge in [-0.3, -0.25) is 10.4 Å². The Morgan fingerprint density at radius 3 is 2.69 bits per heavy atom. The van der Waals surface area contributed by atoms with Crippen molar-refractivity contribution in [3.8, 4) is 0 Å². The van der Waals surface area contributed by atoms with Crippen LogP contribution >= 0.6 is 0 Å². The number of ether oxygens (including phenoxy) is 1. The highest BCUT2D eigenvalue weighted by Gasteiger charge is 2.32. The lowest BCUT2D eigenvalue weighted by Gasteiger charge is -2.34. The molecule has 3 aromatic rings. The van der Waals surface area contributed by atoms with Gasteiger partial charge in [-0.25, -0.2) is 14.2 Å². The molecule has 154 valence electrons. The van der Waals surface area contributed by atoms with Crippen LogP contribution in [-0.2, 0) is 4.74 Å². The molecule has 4 N–H and O–H groups in total. The summed E-state index contributed by atoms with van der Waals surface area (Å²) in [4.78, 5) is 16.9. The molecule has 0 aliphatic carbocycles. The number of aromatic nitrogens is 3. The van der Waals surface area contributed by atoms with Gasteiger partial charge in [0.05, 0.1) is 22.5 Å². The van der Waals surface area contributed by atoms with Gasteiger partial charge in [0, 0.05) is 25.9 Å². The van der Waals surface area contributed by atoms with Crippen molar-refractivity contribution >= 4 is 28.6 Å². The number of carbonyl (C=O) groups is 1. The second-order valence-electron chi connectivity index (χ2n) is 7.11. The second kappa shape index (κ2) is 8.44. The Balaban J connectivity index is 1.77. The van der Waals surface area contributed by atoms with Crippen molar-refractivity contribution in [1.82, 2.24) is 20.5 Å². The molecular formula is C20H25FN6O2. The zero-order chi connectivity index (χ0) is 21.0. The Morgan fingerprint density at radius 1 is 1.31 bits per heavy atom. The highest BCUT2D eigenvalue weighted by Crippen LogP contribution is 2.29. The van der Waals surface area contributed by atoms with E-state index in [-0.39, 0.29) is 5.82 Å². The fourth-order valence-corrected chi connectivity index (χ4v) is 3.00. The number of halogens is 1. The van der Waals surface area contributed by atoms with Gasteiger partial charge in [-0.05, 0) is 38.5 Å². The van der Waals surface area contributed by atoms with E-state index < -0.39 is 17.7 Å². The van der Waals surface area contributed by atoms with Crippen LogP contribution in [0.1, 0.15) is 32.4 Å². The molecule has 1 aromatic carbocycles. The van der Waals surface area contributed by atoms with Crippen LogP contribution in [0.25, 0.3) is 10.9 Å². The number of hydrogen-bond donors (Lipinski definition) is 4. The third kappa shape index (κ3) is 4.62. The van der Waals surface area contributed by atoms with Gasteiger partial charge in [0.2, 0.25) is 0 Å². The number of nitrogens with zero attached hydrogens (tertiary/aromatic N) is 2. The highest BCUT2D eigenvalue weighted by molar-refractivity contribution is 5.94. The monoisotopic (exact) mass is 400 g/mol. The molecule has 0 bridgehead atoms. The fourth-order valence-electron chi connectivity index (χ4n) is 3.00. The molecule has 2 aromatic heterocycles. The maximum absolute atomic E-state index is 13.3. The first kappa shape index (κ1) is 20.5. The summed E-state index contributed by atoms with van der Waals surface area (Å²) in [5.41, 5.74) is 0.746. The van der Waals surface area contributed by atoms with Crippen LogP contribution in [0.15, 0.2) is 36.5 Å². The first-order valence-corrected chi connectivity index (χ1v) is 9.30. The smallest absolute Gasteiger partial charge is 0.320 e. The van der Waals surface area contributed by atoms with Gasteiger partial charge in [0.15, 0.2) is 5.82 Å². The Kier molecular flexibility index (Phi) is 5.97. The molecular weight excluding hydrogens is 375 g/mol. The lowest BCUT2D eigenvalue weighted by atomic mass is 9.91. The number of benzene rings is 1. The minimum atomic E-state index is -0.726. The third-order valence-corrected chi connectivity index (χ3v) is 4.73. The first-order chi connectivity index (χ1) is 13.8. The molecule has 0 fully saturated rings. The Hall–Kier alpha value is -3.20. The Morgan fingerprint density at radius 2 is 2.03 bits per heavy atom. The number of aromatic amines is 1. The predicted molar refractivity (Wildman–Crippen MR) is 110 cm³/mol. The molecule has 29 heavy (non-hydrogen) atoms. The van der Waals surface area contributed by atoms with Crippen LogP contribution in [0.3, 0.4) is 0 Å². The fraction of sp³-hybridized carbons (Fsp3) is 0.350. The van der Waals surface area contributed by atoms with Gasteiger partial charge >= 0.3 is 6.03 Å². The predicted octanol–water partition coefficient (Wildman–Crippen LogP) is 3.82. The highest BCUT2D eigenvalue weighted by atomic mass is 19.1. The standard InChI is InChI=1S/C20H25FN6O2/c1-5-22-18-14-11-23-16(10-15(14)26-27-18)24-19(28)25-17(20(2,3)29-4)12-6-8-13(21)9-7-12/h6-11,17H,5H2,1-4H3,(H2,22,26,27)(H2,23,24,25,28). The van der Waals surface area contributed by atoms with Crippen molar-refractivity contribution in [2.75, 3.05) is 24.3 Å². The molecule has 0 aliphatic rings. The molecule has 2 heterocycles. The van der Waals surface area contributed by atoms with E-state index in [0.717, 1.165) is 23.0 Å². The quantitative estimate of drug-likeness (QED) is 0.483. The van der Waals surface area contributed by atoms with Crippen LogP contribution in [0.4, 0.5) is 20.8 Å². The summed E-state index contributed by atoms with van der Waals surface area (Å²) in [5, 5.41) is 16.7. The summed E-state index contributed by atoms with van der Waals surface area (Å²) in [6, 6.07) is 6.69. The van der Waals surface area contributed by atoms with Gasteiger partial charge in [0.1, 0.15) is 11.6 Å². The normalized spacial score (nSPS) is 12.6. The van der Waals surface area contributed by atoms with E-state index in [1.54, 1.807) is 31.5 Å². The van der Waals surface area contributed by atoms with Crippen molar-refractivity contribution in [2.24, 2.45) is 0 Å². The van der Waals surface area contributed by atoms with Gasteiger partial charge in [-0.2, -0.15) is 5.10 Å². The molecule has 8 nitrogen and oxygen atoms in total. The zero-order valence-electron chi connectivity index (χ0n) is 16.8. The number of pyridine rings is 1. The van der Waals surface area contributed by atoms with Crippen molar-refractivity contribution in [1.29, 1.82) is 0 Å². The van der Waals surface area contributed by atoms with Crippen LogP contribution in [0.5, 0.6) is 0 Å². The summed E-state index contributed by atoms with van der Waals surface area (Å²) in [6.07, 6.45) is 1.64. The molecule has 3 rings (SSSR count). The number of nitrogens with one attached hydrogen (secondary N) is 4. The maximum Gasteiger partial charge on any atom is 0.320 e. The molecule has 9 heteroatoms. The van der Waals surface area contributed by atoms with Gasteiger partial charge < -0.3 is 15.4 Å². The SMILES string of the molecule is CCNc1n[nH]c2cc(NC(=O)NC(c3ccc(F)cc3)C(C)(C)OC)ncc12. The van der Waals surface area contributed by atoms with Crippen LogP contribution < -0.4 is 16.0 Å². The number of H-pyrrole nitrogens is 1. The number of carbonyl (C=O) groups excluding carboxylic acids is 1. The lowest BCUT2D eigenvalue weighted by Crippen LogP contribution is -2.45. The number of hydrogen-bond acceptors (Lipinski definition) is 5. The molecule has 2 amide bonds. The van der Waals surface area contributed by atoms with Gasteiger partial charge in [-0.1, -0.05) is 12.1 Å². The van der Waals surface area contributed by atoms with Crippen molar-refractivity contribution in [3.63, 3.8) is 0 Å². The number of amides is 2. The van der Waals surface area contributed by atoms with E-state index in [1.807, 2.05) is 20.8 Å². The molecule has 1 unspecified atom stereocenters. The molecule has 0 saturated heterocycles. The van der Waals surface area contributed by atoms with E-state index >= 15 is 0 Å². The summed E-state index contributed by atoms with van der Waals surface area (Å²) >= 11 is 0. The second-order valence-corrected chi connectivity index (χ2v) is 7.11. The van der Waals surface area contributed by atoms with E-state index in [9.17, 15) is 9.18 Å². The van der Waals surface area contributed by atoms with Gasteiger partial charge in [0.25, 0.3) is 0 Å². The van der Waals surface area contributed by atoms with Gasteiger partial charge in [-0.15, -0.1) is 0 Å². The molecule has 1 atom stereocenters. The average Bonchev–Trinajstić information content (AvgIpc) is 3.09.